The van der Waals surface area contributed by atoms with Crippen LogP contribution >= 0.6 is 0 Å². The van der Waals surface area contributed by atoms with Gasteiger partial charge in [0.1, 0.15) is 6.61 Å². The highest BCUT2D eigenvalue weighted by atomic mass is 16.5. The Labute approximate surface area is 118 Å². The average molecular weight is 271 g/mol. The van der Waals surface area contributed by atoms with Gasteiger partial charge in [-0.3, -0.25) is 0 Å². The Hall–Kier alpha value is -2.48. The maximum absolute atomic E-state index is 8.87. The molecule has 0 aliphatic carbocycles. The minimum Gasteiger partial charge on any atom is -0.493 e. The SMILES string of the molecule is CCCn1cncc1COc1ccc(C#N)cc1OC. The topological polar surface area (TPSA) is 60.1 Å². The number of rotatable bonds is 6. The lowest BCUT2D eigenvalue weighted by molar-refractivity contribution is 0.275. The highest BCUT2D eigenvalue weighted by molar-refractivity contribution is 5.46. The Balaban J connectivity index is 2.10. The molecule has 0 spiro atoms. The quantitative estimate of drug-likeness (QED) is 0.810. The third kappa shape index (κ3) is 3.09. The summed E-state index contributed by atoms with van der Waals surface area (Å²) >= 11 is 0. The number of aromatic nitrogens is 2. The predicted molar refractivity (Wildman–Crippen MR) is 74.6 cm³/mol. The van der Waals surface area contributed by atoms with Crippen molar-refractivity contribution in [2.45, 2.75) is 26.5 Å². The Morgan fingerprint density at radius 2 is 2.20 bits per heavy atom. The van der Waals surface area contributed by atoms with Crippen LogP contribution in [0.15, 0.2) is 30.7 Å². The normalized spacial score (nSPS) is 10.1. The van der Waals surface area contributed by atoms with Gasteiger partial charge in [-0.2, -0.15) is 5.26 Å². The number of nitriles is 1. The number of nitrogens with zero attached hydrogens (tertiary/aromatic N) is 3. The van der Waals surface area contributed by atoms with E-state index in [4.69, 9.17) is 14.7 Å². The monoisotopic (exact) mass is 271 g/mol. The number of imidazole rings is 1. The van der Waals surface area contributed by atoms with Gasteiger partial charge in [0.15, 0.2) is 11.5 Å². The summed E-state index contributed by atoms with van der Waals surface area (Å²) in [7, 11) is 1.56. The molecule has 5 nitrogen and oxygen atoms in total. The van der Waals surface area contributed by atoms with Crippen LogP contribution in [-0.4, -0.2) is 16.7 Å². The van der Waals surface area contributed by atoms with E-state index in [1.54, 1.807) is 37.8 Å². The molecular weight excluding hydrogens is 254 g/mol. The Morgan fingerprint density at radius 1 is 1.35 bits per heavy atom. The molecule has 0 atom stereocenters. The second-order valence-electron chi connectivity index (χ2n) is 4.34. The van der Waals surface area contributed by atoms with E-state index in [0.29, 0.717) is 23.7 Å². The van der Waals surface area contributed by atoms with Crippen molar-refractivity contribution >= 4 is 0 Å². The van der Waals surface area contributed by atoms with E-state index >= 15 is 0 Å². The first kappa shape index (κ1) is 13.9. The first-order chi connectivity index (χ1) is 9.78. The van der Waals surface area contributed by atoms with Gasteiger partial charge in [-0.05, 0) is 18.6 Å². The van der Waals surface area contributed by atoms with Crippen LogP contribution in [0.3, 0.4) is 0 Å². The predicted octanol–water partition coefficient (Wildman–Crippen LogP) is 2.75. The molecule has 0 bridgehead atoms. The van der Waals surface area contributed by atoms with Crippen LogP contribution in [0.4, 0.5) is 0 Å². The summed E-state index contributed by atoms with van der Waals surface area (Å²) < 4.78 is 13.1. The van der Waals surface area contributed by atoms with Crippen molar-refractivity contribution in [3.63, 3.8) is 0 Å². The maximum atomic E-state index is 8.87. The fourth-order valence-electron chi connectivity index (χ4n) is 1.92. The van der Waals surface area contributed by atoms with Crippen molar-refractivity contribution < 1.29 is 9.47 Å². The molecule has 1 heterocycles. The molecule has 20 heavy (non-hydrogen) atoms. The smallest absolute Gasteiger partial charge is 0.162 e. The summed E-state index contributed by atoms with van der Waals surface area (Å²) in [5.41, 5.74) is 1.56. The fraction of sp³-hybridized carbons (Fsp3) is 0.333. The zero-order chi connectivity index (χ0) is 14.4. The van der Waals surface area contributed by atoms with Crippen molar-refractivity contribution in [1.82, 2.24) is 9.55 Å². The summed E-state index contributed by atoms with van der Waals surface area (Å²) in [5, 5.41) is 8.87. The Morgan fingerprint density at radius 3 is 2.90 bits per heavy atom. The summed E-state index contributed by atoms with van der Waals surface area (Å²) in [4.78, 5) is 4.13. The molecule has 0 unspecified atom stereocenters. The lowest BCUT2D eigenvalue weighted by Crippen LogP contribution is -2.05. The Kier molecular flexibility index (Phi) is 4.61. The van der Waals surface area contributed by atoms with Crippen molar-refractivity contribution in [2.75, 3.05) is 7.11 Å². The maximum Gasteiger partial charge on any atom is 0.162 e. The van der Waals surface area contributed by atoms with Gasteiger partial charge in [0.2, 0.25) is 0 Å². The van der Waals surface area contributed by atoms with Crippen LogP contribution in [0.2, 0.25) is 0 Å². The number of benzene rings is 1. The van der Waals surface area contributed by atoms with Crippen LogP contribution < -0.4 is 9.47 Å². The molecule has 0 saturated carbocycles. The van der Waals surface area contributed by atoms with E-state index in [2.05, 4.69) is 22.5 Å². The van der Waals surface area contributed by atoms with Gasteiger partial charge in [-0.15, -0.1) is 0 Å². The van der Waals surface area contributed by atoms with Crippen LogP contribution in [-0.2, 0) is 13.2 Å². The zero-order valence-corrected chi connectivity index (χ0v) is 11.7. The standard InChI is InChI=1S/C15H17N3O2/c1-3-6-18-11-17-9-13(18)10-20-14-5-4-12(8-16)7-15(14)19-2/h4-5,7,9,11H,3,6,10H2,1-2H3. The first-order valence-electron chi connectivity index (χ1n) is 6.48. The van der Waals surface area contributed by atoms with Crippen LogP contribution in [0, 0.1) is 11.3 Å². The van der Waals surface area contributed by atoms with E-state index in [0.717, 1.165) is 18.7 Å². The van der Waals surface area contributed by atoms with Gasteiger partial charge in [0.25, 0.3) is 0 Å². The van der Waals surface area contributed by atoms with Gasteiger partial charge in [0, 0.05) is 12.6 Å². The zero-order valence-electron chi connectivity index (χ0n) is 11.7. The van der Waals surface area contributed by atoms with Crippen LogP contribution in [0.1, 0.15) is 24.6 Å². The lowest BCUT2D eigenvalue weighted by Gasteiger charge is -2.12. The molecule has 1 aromatic heterocycles. The van der Waals surface area contributed by atoms with E-state index in [9.17, 15) is 0 Å². The number of ether oxygens (including phenoxy) is 2. The summed E-state index contributed by atoms with van der Waals surface area (Å²) in [6.45, 7) is 3.46. The minimum absolute atomic E-state index is 0.419. The summed E-state index contributed by atoms with van der Waals surface area (Å²) in [5.74, 6) is 1.18. The average Bonchev–Trinajstić information content (AvgIpc) is 2.92. The molecule has 0 aliphatic heterocycles. The largest absolute Gasteiger partial charge is 0.493 e. The molecule has 2 aromatic rings. The second-order valence-corrected chi connectivity index (χ2v) is 4.34. The lowest BCUT2D eigenvalue weighted by atomic mass is 10.2. The molecule has 0 radical (unpaired) electrons. The summed E-state index contributed by atoms with van der Waals surface area (Å²) in [6.07, 6.45) is 4.65. The molecule has 0 aliphatic rings. The molecule has 5 heteroatoms. The molecule has 0 saturated heterocycles. The first-order valence-corrected chi connectivity index (χ1v) is 6.48. The highest BCUT2D eigenvalue weighted by Crippen LogP contribution is 2.28. The number of hydrogen-bond acceptors (Lipinski definition) is 4. The molecule has 0 fully saturated rings. The molecule has 0 amide bonds. The highest BCUT2D eigenvalue weighted by Gasteiger charge is 2.08. The van der Waals surface area contributed by atoms with Crippen molar-refractivity contribution in [1.29, 1.82) is 5.26 Å². The molecule has 1 aromatic carbocycles. The van der Waals surface area contributed by atoms with Crippen LogP contribution in [0.25, 0.3) is 0 Å². The molecule has 104 valence electrons. The number of aryl methyl sites for hydroxylation is 1. The van der Waals surface area contributed by atoms with Gasteiger partial charge >= 0.3 is 0 Å². The van der Waals surface area contributed by atoms with Gasteiger partial charge in [-0.1, -0.05) is 6.92 Å². The summed E-state index contributed by atoms with van der Waals surface area (Å²) in [6, 6.07) is 7.20. The third-order valence-electron chi connectivity index (χ3n) is 2.93. The van der Waals surface area contributed by atoms with E-state index in [1.807, 2.05) is 0 Å². The van der Waals surface area contributed by atoms with E-state index < -0.39 is 0 Å². The van der Waals surface area contributed by atoms with Gasteiger partial charge < -0.3 is 14.0 Å². The van der Waals surface area contributed by atoms with Gasteiger partial charge in [-0.25, -0.2) is 4.98 Å². The van der Waals surface area contributed by atoms with Crippen molar-refractivity contribution in [3.8, 4) is 17.6 Å². The Bertz CT molecular complexity index is 614. The number of hydrogen-bond donors (Lipinski definition) is 0. The van der Waals surface area contributed by atoms with Gasteiger partial charge in [0.05, 0.1) is 37.0 Å². The van der Waals surface area contributed by atoms with Crippen molar-refractivity contribution in [3.05, 3.63) is 42.0 Å². The molecule has 0 N–H and O–H groups in total. The van der Waals surface area contributed by atoms with Crippen LogP contribution in [0.5, 0.6) is 11.5 Å². The van der Waals surface area contributed by atoms with E-state index in [-0.39, 0.29) is 0 Å². The minimum atomic E-state index is 0.419. The second kappa shape index (κ2) is 6.62. The van der Waals surface area contributed by atoms with Crippen molar-refractivity contribution in [2.24, 2.45) is 0 Å². The fourth-order valence-corrected chi connectivity index (χ4v) is 1.92. The molecule has 2 rings (SSSR count). The molecular formula is C15H17N3O2. The third-order valence-corrected chi connectivity index (χ3v) is 2.93. The number of methoxy groups -OCH3 is 1. The van der Waals surface area contributed by atoms with E-state index in [1.165, 1.54) is 0 Å².